The summed E-state index contributed by atoms with van der Waals surface area (Å²) in [6.45, 7) is 3.92. The van der Waals surface area contributed by atoms with Crippen molar-refractivity contribution in [3.05, 3.63) is 53.7 Å². The summed E-state index contributed by atoms with van der Waals surface area (Å²) < 4.78 is 1.78. The molecule has 21 heavy (non-hydrogen) atoms. The summed E-state index contributed by atoms with van der Waals surface area (Å²) in [6, 6.07) is 7.62. The molecule has 3 rings (SSSR count). The summed E-state index contributed by atoms with van der Waals surface area (Å²) in [5, 5.41) is 10.1. The first-order valence-electron chi connectivity index (χ1n) is 6.87. The van der Waals surface area contributed by atoms with E-state index in [4.69, 9.17) is 0 Å². The van der Waals surface area contributed by atoms with Crippen molar-refractivity contribution in [2.75, 3.05) is 0 Å². The molecular formula is C15H17N5O. The van der Waals surface area contributed by atoms with Crippen LogP contribution in [0.5, 0.6) is 0 Å². The third-order valence-electron chi connectivity index (χ3n) is 3.30. The van der Waals surface area contributed by atoms with Crippen molar-refractivity contribution in [3.8, 4) is 0 Å². The van der Waals surface area contributed by atoms with E-state index >= 15 is 0 Å². The van der Waals surface area contributed by atoms with Gasteiger partial charge in [-0.3, -0.25) is 14.3 Å². The summed E-state index contributed by atoms with van der Waals surface area (Å²) in [5.41, 5.74) is 3.26. The minimum Gasteiger partial charge on any atom is -0.348 e. The van der Waals surface area contributed by atoms with Gasteiger partial charge in [0, 0.05) is 24.4 Å². The molecule has 3 aromatic rings. The Bertz CT molecular complexity index is 773. The number of aryl methyl sites for hydroxylation is 1. The molecule has 0 fully saturated rings. The van der Waals surface area contributed by atoms with Crippen molar-refractivity contribution >= 4 is 11.6 Å². The van der Waals surface area contributed by atoms with Gasteiger partial charge in [0.2, 0.25) is 0 Å². The van der Waals surface area contributed by atoms with Crippen molar-refractivity contribution in [3.63, 3.8) is 0 Å². The molecule has 0 aliphatic carbocycles. The lowest BCUT2D eigenvalue weighted by molar-refractivity contribution is 0.0934. The third kappa shape index (κ3) is 2.79. The second kappa shape index (κ2) is 5.40. The number of imidazole rings is 1. The molecule has 2 N–H and O–H groups in total. The van der Waals surface area contributed by atoms with Crippen LogP contribution in [0.2, 0.25) is 0 Å². The van der Waals surface area contributed by atoms with Crippen LogP contribution < -0.4 is 5.32 Å². The van der Waals surface area contributed by atoms with Gasteiger partial charge in [-0.2, -0.15) is 5.10 Å². The van der Waals surface area contributed by atoms with E-state index in [9.17, 15) is 4.79 Å². The zero-order chi connectivity index (χ0) is 14.8. The average Bonchev–Trinajstić information content (AvgIpc) is 3.04. The first kappa shape index (κ1) is 13.4. The average molecular weight is 283 g/mol. The maximum Gasteiger partial charge on any atom is 0.270 e. The molecule has 0 aliphatic rings. The summed E-state index contributed by atoms with van der Waals surface area (Å²) in [7, 11) is 0. The number of carbonyl (C=O) groups is 1. The van der Waals surface area contributed by atoms with Crippen LogP contribution in [-0.4, -0.2) is 31.5 Å². The van der Waals surface area contributed by atoms with Crippen LogP contribution in [-0.2, 0) is 6.42 Å². The van der Waals surface area contributed by atoms with E-state index in [1.54, 1.807) is 10.6 Å². The molecule has 0 saturated carbocycles. The maximum absolute atomic E-state index is 12.3. The van der Waals surface area contributed by atoms with E-state index in [2.05, 4.69) is 20.5 Å². The SMILES string of the molecule is Cc1cc(C[C@H](C)NC(=O)c2cnc3ccccn23)n[nH]1. The number of hydrogen-bond donors (Lipinski definition) is 2. The molecule has 0 aliphatic heterocycles. The topological polar surface area (TPSA) is 75.1 Å². The highest BCUT2D eigenvalue weighted by atomic mass is 16.2. The molecule has 3 aromatic heterocycles. The molecular weight excluding hydrogens is 266 g/mol. The lowest BCUT2D eigenvalue weighted by Crippen LogP contribution is -2.34. The molecule has 0 aromatic carbocycles. The minimum absolute atomic E-state index is 0.00513. The number of rotatable bonds is 4. The Balaban J connectivity index is 1.71. The predicted molar refractivity (Wildman–Crippen MR) is 79.1 cm³/mol. The summed E-state index contributed by atoms with van der Waals surface area (Å²) in [4.78, 5) is 16.5. The van der Waals surface area contributed by atoms with Crippen LogP contribution in [0, 0.1) is 6.92 Å². The smallest absolute Gasteiger partial charge is 0.270 e. The van der Waals surface area contributed by atoms with E-state index in [-0.39, 0.29) is 11.9 Å². The fraction of sp³-hybridized carbons (Fsp3) is 0.267. The van der Waals surface area contributed by atoms with Gasteiger partial charge in [-0.1, -0.05) is 6.07 Å². The number of aromatic nitrogens is 4. The van der Waals surface area contributed by atoms with E-state index in [1.807, 2.05) is 44.3 Å². The monoisotopic (exact) mass is 283 g/mol. The Labute approximate surface area is 122 Å². The maximum atomic E-state index is 12.3. The summed E-state index contributed by atoms with van der Waals surface area (Å²) in [6.07, 6.45) is 4.11. The lowest BCUT2D eigenvalue weighted by atomic mass is 10.1. The highest BCUT2D eigenvalue weighted by molar-refractivity contribution is 5.93. The molecule has 0 unspecified atom stereocenters. The first-order valence-corrected chi connectivity index (χ1v) is 6.87. The van der Waals surface area contributed by atoms with E-state index < -0.39 is 0 Å². The second-order valence-electron chi connectivity index (χ2n) is 5.19. The van der Waals surface area contributed by atoms with Crippen LogP contribution >= 0.6 is 0 Å². The number of H-pyrrole nitrogens is 1. The van der Waals surface area contributed by atoms with Crippen LogP contribution in [0.4, 0.5) is 0 Å². The normalized spacial score (nSPS) is 12.5. The molecule has 0 spiro atoms. The van der Waals surface area contributed by atoms with Gasteiger partial charge in [0.1, 0.15) is 11.3 Å². The number of carbonyl (C=O) groups excluding carboxylic acids is 1. The Hall–Kier alpha value is -2.63. The summed E-state index contributed by atoms with van der Waals surface area (Å²) in [5.74, 6) is -0.131. The zero-order valence-corrected chi connectivity index (χ0v) is 12.0. The molecule has 1 atom stereocenters. The number of pyridine rings is 1. The quantitative estimate of drug-likeness (QED) is 0.765. The van der Waals surface area contributed by atoms with Gasteiger partial charge in [-0.25, -0.2) is 4.98 Å². The van der Waals surface area contributed by atoms with Gasteiger partial charge in [0.15, 0.2) is 0 Å². The Kier molecular flexibility index (Phi) is 3.43. The fourth-order valence-electron chi connectivity index (χ4n) is 2.34. The van der Waals surface area contributed by atoms with Gasteiger partial charge in [0.25, 0.3) is 5.91 Å². The van der Waals surface area contributed by atoms with Crippen LogP contribution in [0.1, 0.15) is 28.8 Å². The third-order valence-corrected chi connectivity index (χ3v) is 3.30. The standard InChI is InChI=1S/C15H17N5O/c1-10(7-12-8-11(2)18-19-12)17-15(21)13-9-16-14-5-3-4-6-20(13)14/h3-6,8-10H,7H2,1-2H3,(H,17,21)(H,18,19)/t10-/m0/s1. The highest BCUT2D eigenvalue weighted by Gasteiger charge is 2.15. The first-order chi connectivity index (χ1) is 10.1. The van der Waals surface area contributed by atoms with Crippen molar-refractivity contribution in [2.24, 2.45) is 0 Å². The number of nitrogens with zero attached hydrogens (tertiary/aromatic N) is 3. The number of hydrogen-bond acceptors (Lipinski definition) is 3. The van der Waals surface area contributed by atoms with Crippen molar-refractivity contribution in [1.82, 2.24) is 24.9 Å². The van der Waals surface area contributed by atoms with Gasteiger partial charge in [-0.15, -0.1) is 0 Å². The van der Waals surface area contributed by atoms with Gasteiger partial charge >= 0.3 is 0 Å². The van der Waals surface area contributed by atoms with E-state index in [1.165, 1.54) is 0 Å². The van der Waals surface area contributed by atoms with Crippen molar-refractivity contribution in [2.45, 2.75) is 26.3 Å². The molecule has 108 valence electrons. The molecule has 0 radical (unpaired) electrons. The molecule has 0 saturated heterocycles. The molecule has 1 amide bonds. The predicted octanol–water partition coefficient (Wildman–Crippen LogP) is 1.73. The van der Waals surface area contributed by atoms with E-state index in [0.29, 0.717) is 12.1 Å². The van der Waals surface area contributed by atoms with Gasteiger partial charge in [0.05, 0.1) is 11.9 Å². The largest absolute Gasteiger partial charge is 0.348 e. The minimum atomic E-state index is -0.131. The van der Waals surface area contributed by atoms with Crippen LogP contribution in [0.3, 0.4) is 0 Å². The van der Waals surface area contributed by atoms with E-state index in [0.717, 1.165) is 17.0 Å². The number of nitrogens with one attached hydrogen (secondary N) is 2. The molecule has 6 nitrogen and oxygen atoms in total. The summed E-state index contributed by atoms with van der Waals surface area (Å²) >= 11 is 0. The second-order valence-corrected chi connectivity index (χ2v) is 5.19. The Morgan fingerprint density at radius 2 is 2.33 bits per heavy atom. The Morgan fingerprint density at radius 1 is 1.48 bits per heavy atom. The fourth-order valence-corrected chi connectivity index (χ4v) is 2.34. The molecule has 0 bridgehead atoms. The van der Waals surface area contributed by atoms with Gasteiger partial charge in [-0.05, 0) is 32.0 Å². The number of amides is 1. The molecule has 3 heterocycles. The Morgan fingerprint density at radius 3 is 3.10 bits per heavy atom. The molecule has 6 heteroatoms. The lowest BCUT2D eigenvalue weighted by Gasteiger charge is -2.12. The van der Waals surface area contributed by atoms with Crippen LogP contribution in [0.15, 0.2) is 36.7 Å². The zero-order valence-electron chi connectivity index (χ0n) is 12.0. The highest BCUT2D eigenvalue weighted by Crippen LogP contribution is 2.07. The number of fused-ring (bicyclic) bond motifs is 1. The van der Waals surface area contributed by atoms with Crippen molar-refractivity contribution in [1.29, 1.82) is 0 Å². The van der Waals surface area contributed by atoms with Gasteiger partial charge < -0.3 is 5.32 Å². The van der Waals surface area contributed by atoms with Crippen LogP contribution in [0.25, 0.3) is 5.65 Å². The van der Waals surface area contributed by atoms with Crippen molar-refractivity contribution < 1.29 is 4.79 Å². The number of aromatic amines is 1.